The summed E-state index contributed by atoms with van der Waals surface area (Å²) in [6.07, 6.45) is 4.56. The van der Waals surface area contributed by atoms with E-state index in [1.807, 2.05) is 6.92 Å². The highest BCUT2D eigenvalue weighted by Gasteiger charge is 2.10. The first-order valence-corrected chi connectivity index (χ1v) is 5.11. The quantitative estimate of drug-likeness (QED) is 0.459. The topological polar surface area (TPSA) is 26.3 Å². The van der Waals surface area contributed by atoms with Gasteiger partial charge in [-0.3, -0.25) is 4.79 Å². The van der Waals surface area contributed by atoms with Crippen molar-refractivity contribution in [2.45, 2.75) is 39.5 Å². The molecule has 0 aromatic rings. The lowest BCUT2D eigenvalue weighted by Crippen LogP contribution is -2.12. The molecule has 0 aliphatic heterocycles. The van der Waals surface area contributed by atoms with Crippen LogP contribution >= 0.6 is 0 Å². The monoisotopic (exact) mass is 174 g/mol. The molecule has 0 spiro atoms. The van der Waals surface area contributed by atoms with Gasteiger partial charge in [0.2, 0.25) is 10.5 Å². The van der Waals surface area contributed by atoms with Crippen LogP contribution in [-0.2, 0) is 9.22 Å². The van der Waals surface area contributed by atoms with Gasteiger partial charge in [-0.25, -0.2) is 0 Å². The Bertz CT molecular complexity index is 115. The zero-order valence-electron chi connectivity index (χ0n) is 7.72. The summed E-state index contributed by atoms with van der Waals surface area (Å²) in [7, 11) is 0.531. The molecule has 2 nitrogen and oxygen atoms in total. The Morgan fingerprint density at radius 3 is 2.64 bits per heavy atom. The summed E-state index contributed by atoms with van der Waals surface area (Å²) in [5.74, 6) is 0.0896. The van der Waals surface area contributed by atoms with Crippen molar-refractivity contribution < 1.29 is 9.22 Å². The Labute approximate surface area is 71.9 Å². The highest BCUT2D eigenvalue weighted by molar-refractivity contribution is 6.05. The van der Waals surface area contributed by atoms with E-state index < -0.39 is 0 Å². The maximum atomic E-state index is 10.9. The van der Waals surface area contributed by atoms with Crippen LogP contribution in [0.1, 0.15) is 39.5 Å². The van der Waals surface area contributed by atoms with Gasteiger partial charge in [-0.05, 0) is 6.42 Å². The smallest absolute Gasteiger partial charge is 0.294 e. The predicted molar refractivity (Wildman–Crippen MR) is 49.3 cm³/mol. The Morgan fingerprint density at radius 2 is 2.18 bits per heavy atom. The number of carbonyl (C=O) groups excluding carboxylic acids is 1. The second kappa shape index (κ2) is 6.40. The first-order valence-electron chi connectivity index (χ1n) is 4.30. The molecule has 0 aromatic heterocycles. The van der Waals surface area contributed by atoms with Crippen LogP contribution in [0.15, 0.2) is 0 Å². The van der Waals surface area contributed by atoms with Gasteiger partial charge >= 0.3 is 0 Å². The molecule has 0 heterocycles. The Balaban J connectivity index is 3.36. The van der Waals surface area contributed by atoms with Gasteiger partial charge in [0.05, 0.1) is 5.92 Å². The average molecular weight is 174 g/mol. The van der Waals surface area contributed by atoms with E-state index in [1.165, 1.54) is 12.8 Å². The molecule has 0 fully saturated rings. The van der Waals surface area contributed by atoms with E-state index in [9.17, 15) is 4.79 Å². The minimum absolute atomic E-state index is 0.0206. The van der Waals surface area contributed by atoms with Crippen molar-refractivity contribution in [3.63, 3.8) is 0 Å². The number of hydrogen-bond acceptors (Lipinski definition) is 2. The van der Waals surface area contributed by atoms with Gasteiger partial charge in [0.15, 0.2) is 0 Å². The fourth-order valence-corrected chi connectivity index (χ4v) is 1.42. The molecular weight excluding hydrogens is 156 g/mol. The zero-order valence-corrected chi connectivity index (χ0v) is 9.72. The van der Waals surface area contributed by atoms with Gasteiger partial charge in [0.25, 0.3) is 5.97 Å². The van der Waals surface area contributed by atoms with Gasteiger partial charge < -0.3 is 4.43 Å². The van der Waals surface area contributed by atoms with Crippen LogP contribution in [0, 0.1) is 5.92 Å². The predicted octanol–water partition coefficient (Wildman–Crippen LogP) is 1.03. The van der Waals surface area contributed by atoms with Gasteiger partial charge in [-0.1, -0.05) is 33.1 Å². The molecule has 66 valence electrons. The van der Waals surface area contributed by atoms with Crippen LogP contribution in [0.4, 0.5) is 0 Å². The molecule has 1 unspecified atom stereocenters. The number of hydrogen-bond donors (Lipinski definition) is 0. The number of rotatable bonds is 5. The molecule has 0 radical (unpaired) electrons. The highest BCUT2D eigenvalue weighted by Crippen LogP contribution is 2.09. The number of carbonyl (C=O) groups is 1. The molecule has 11 heavy (non-hydrogen) atoms. The largest absolute Gasteiger partial charge is 0.529 e. The molecule has 0 saturated heterocycles. The molecule has 3 heteroatoms. The Kier molecular flexibility index (Phi) is 6.22. The van der Waals surface area contributed by atoms with Gasteiger partial charge in [0.1, 0.15) is 0 Å². The van der Waals surface area contributed by atoms with E-state index in [1.54, 1.807) is 0 Å². The van der Waals surface area contributed by atoms with Gasteiger partial charge in [0, 0.05) is 0 Å². The Morgan fingerprint density at radius 1 is 1.55 bits per heavy atom. The summed E-state index contributed by atoms with van der Waals surface area (Å²) >= 11 is 0. The van der Waals surface area contributed by atoms with Crippen molar-refractivity contribution in [3.05, 3.63) is 0 Å². The van der Waals surface area contributed by atoms with Crippen molar-refractivity contribution >= 4 is 16.5 Å². The Hall–Kier alpha value is -0.313. The van der Waals surface area contributed by atoms with Crippen molar-refractivity contribution in [3.8, 4) is 0 Å². The summed E-state index contributed by atoms with van der Waals surface area (Å²) in [5.41, 5.74) is 0. The zero-order chi connectivity index (χ0) is 8.69. The number of unbranched alkanes of at least 4 members (excludes halogenated alkanes) is 2. The molecule has 0 amide bonds. The van der Waals surface area contributed by atoms with Crippen molar-refractivity contribution in [2.75, 3.05) is 0 Å². The summed E-state index contributed by atoms with van der Waals surface area (Å²) in [6, 6.07) is 0. The minimum atomic E-state index is -0.0206. The van der Waals surface area contributed by atoms with E-state index in [4.69, 9.17) is 4.43 Å². The maximum absolute atomic E-state index is 10.9. The molecule has 0 N–H and O–H groups in total. The second-order valence-corrected chi connectivity index (χ2v) is 3.33. The highest BCUT2D eigenvalue weighted by atomic mass is 28.2. The molecule has 1 atom stereocenters. The van der Waals surface area contributed by atoms with Crippen molar-refractivity contribution in [2.24, 2.45) is 5.92 Å². The molecular formula is C8H18O2Si. The average Bonchev–Trinajstić information content (AvgIpc) is 2.03. The van der Waals surface area contributed by atoms with E-state index in [-0.39, 0.29) is 11.9 Å². The van der Waals surface area contributed by atoms with E-state index >= 15 is 0 Å². The first-order chi connectivity index (χ1) is 5.22. The standard InChI is InChI=1S/C8H18O2Si/c1-3-4-5-6-7(2)8(9)10-11/h7H,3-6H2,1-2,11H3. The fraction of sp³-hybridized carbons (Fsp3) is 0.875. The lowest BCUT2D eigenvalue weighted by atomic mass is 10.0. The first kappa shape index (κ1) is 10.7. The summed E-state index contributed by atoms with van der Waals surface area (Å²) in [5, 5.41) is 0. The van der Waals surface area contributed by atoms with Crippen LogP contribution in [0.2, 0.25) is 0 Å². The van der Waals surface area contributed by atoms with Crippen LogP contribution < -0.4 is 0 Å². The van der Waals surface area contributed by atoms with E-state index in [0.717, 1.165) is 12.8 Å². The third-order valence-electron chi connectivity index (χ3n) is 1.84. The lowest BCUT2D eigenvalue weighted by molar-refractivity contribution is -0.138. The molecule has 0 bridgehead atoms. The molecule has 0 aliphatic rings. The fourth-order valence-electron chi connectivity index (χ4n) is 1.02. The third-order valence-corrected chi connectivity index (χ3v) is 2.25. The molecule has 0 aromatic carbocycles. The molecule has 0 saturated carbocycles. The lowest BCUT2D eigenvalue weighted by Gasteiger charge is -2.07. The normalized spacial score (nSPS) is 12.9. The SMILES string of the molecule is CCCCCC(C)C(=O)O[SiH3]. The third kappa shape index (κ3) is 5.01. The summed E-state index contributed by atoms with van der Waals surface area (Å²) < 4.78 is 4.74. The molecule has 0 aliphatic carbocycles. The van der Waals surface area contributed by atoms with Crippen LogP contribution in [-0.4, -0.2) is 16.5 Å². The van der Waals surface area contributed by atoms with Crippen LogP contribution in [0.3, 0.4) is 0 Å². The molecule has 0 rings (SSSR count). The minimum Gasteiger partial charge on any atom is -0.529 e. The van der Waals surface area contributed by atoms with Crippen molar-refractivity contribution in [1.29, 1.82) is 0 Å². The second-order valence-electron chi connectivity index (χ2n) is 2.92. The van der Waals surface area contributed by atoms with Crippen LogP contribution in [0.5, 0.6) is 0 Å². The van der Waals surface area contributed by atoms with Crippen molar-refractivity contribution in [1.82, 2.24) is 0 Å². The summed E-state index contributed by atoms with van der Waals surface area (Å²) in [6.45, 7) is 4.10. The maximum Gasteiger partial charge on any atom is 0.294 e. The van der Waals surface area contributed by atoms with Gasteiger partial charge in [-0.2, -0.15) is 0 Å². The van der Waals surface area contributed by atoms with E-state index in [2.05, 4.69) is 6.92 Å². The summed E-state index contributed by atoms with van der Waals surface area (Å²) in [4.78, 5) is 10.9. The van der Waals surface area contributed by atoms with E-state index in [0.29, 0.717) is 10.5 Å². The van der Waals surface area contributed by atoms with Gasteiger partial charge in [-0.15, -0.1) is 0 Å². The van der Waals surface area contributed by atoms with Crippen LogP contribution in [0.25, 0.3) is 0 Å².